The summed E-state index contributed by atoms with van der Waals surface area (Å²) in [7, 11) is 0. The normalized spacial score (nSPS) is 18.2. The van der Waals surface area contributed by atoms with Gasteiger partial charge in [0.25, 0.3) is 0 Å². The molecule has 7 heteroatoms. The SMILES string of the molecule is O=C(O)C1CN(c2nccs2)c2ncccc2C1=O. The number of nitrogens with zero attached hydrogens (tertiary/aromatic N) is 3. The topological polar surface area (TPSA) is 83.4 Å². The third-order valence-electron chi connectivity index (χ3n) is 2.94. The van der Waals surface area contributed by atoms with E-state index in [1.807, 2.05) is 0 Å². The molecule has 0 aromatic carbocycles. The molecule has 0 radical (unpaired) electrons. The maximum absolute atomic E-state index is 12.1. The first-order chi connectivity index (χ1) is 9.18. The number of hydrogen-bond acceptors (Lipinski definition) is 6. The number of hydrogen-bond donors (Lipinski definition) is 1. The first kappa shape index (κ1) is 11.8. The highest BCUT2D eigenvalue weighted by molar-refractivity contribution is 7.13. The molecule has 0 saturated heterocycles. The molecule has 2 aromatic heterocycles. The predicted octanol–water partition coefficient (Wildman–Crippen LogP) is 1.57. The molecule has 0 spiro atoms. The van der Waals surface area contributed by atoms with E-state index in [9.17, 15) is 9.59 Å². The number of carbonyl (C=O) groups is 2. The van der Waals surface area contributed by atoms with Crippen molar-refractivity contribution in [2.45, 2.75) is 0 Å². The average molecular weight is 275 g/mol. The molecule has 2 aromatic rings. The van der Waals surface area contributed by atoms with Crippen molar-refractivity contribution < 1.29 is 14.7 Å². The Morgan fingerprint density at radius 3 is 2.95 bits per heavy atom. The van der Waals surface area contributed by atoms with Crippen molar-refractivity contribution in [2.24, 2.45) is 5.92 Å². The van der Waals surface area contributed by atoms with Crippen molar-refractivity contribution in [1.29, 1.82) is 0 Å². The summed E-state index contributed by atoms with van der Waals surface area (Å²) in [5.41, 5.74) is 0.330. The van der Waals surface area contributed by atoms with Gasteiger partial charge in [-0.15, -0.1) is 11.3 Å². The van der Waals surface area contributed by atoms with E-state index in [0.29, 0.717) is 16.5 Å². The molecule has 0 aliphatic carbocycles. The Morgan fingerprint density at radius 1 is 1.42 bits per heavy atom. The monoisotopic (exact) mass is 275 g/mol. The molecule has 1 aliphatic heterocycles. The fourth-order valence-electron chi connectivity index (χ4n) is 2.05. The van der Waals surface area contributed by atoms with E-state index in [2.05, 4.69) is 9.97 Å². The van der Waals surface area contributed by atoms with Gasteiger partial charge >= 0.3 is 5.97 Å². The zero-order valence-corrected chi connectivity index (χ0v) is 10.5. The highest BCUT2D eigenvalue weighted by Crippen LogP contribution is 2.34. The number of fused-ring (bicyclic) bond motifs is 1. The molecule has 0 amide bonds. The smallest absolute Gasteiger partial charge is 0.316 e. The lowest BCUT2D eigenvalue weighted by atomic mass is 9.93. The highest BCUT2D eigenvalue weighted by Gasteiger charge is 2.38. The Hall–Kier alpha value is -2.28. The number of Topliss-reactive ketones (excluding diaryl/α,β-unsaturated/α-hetero) is 1. The molecular weight excluding hydrogens is 266 g/mol. The molecular formula is C12H9N3O3S. The van der Waals surface area contributed by atoms with E-state index in [4.69, 9.17) is 5.11 Å². The Labute approximate surface area is 112 Å². The third-order valence-corrected chi connectivity index (χ3v) is 3.73. The first-order valence-electron chi connectivity index (χ1n) is 5.57. The molecule has 19 heavy (non-hydrogen) atoms. The lowest BCUT2D eigenvalue weighted by Gasteiger charge is -2.30. The van der Waals surface area contributed by atoms with E-state index in [1.165, 1.54) is 11.3 Å². The van der Waals surface area contributed by atoms with Crippen LogP contribution >= 0.6 is 11.3 Å². The number of carboxylic acid groups (broad SMARTS) is 1. The van der Waals surface area contributed by atoms with Crippen LogP contribution in [0.2, 0.25) is 0 Å². The van der Waals surface area contributed by atoms with Gasteiger partial charge in [0.1, 0.15) is 11.7 Å². The van der Waals surface area contributed by atoms with Crippen LogP contribution in [0.5, 0.6) is 0 Å². The summed E-state index contributed by atoms with van der Waals surface area (Å²) in [5, 5.41) is 11.6. The van der Waals surface area contributed by atoms with Gasteiger partial charge < -0.3 is 10.0 Å². The van der Waals surface area contributed by atoms with Crippen molar-refractivity contribution >= 4 is 34.0 Å². The van der Waals surface area contributed by atoms with Crippen molar-refractivity contribution in [3.63, 3.8) is 0 Å². The summed E-state index contributed by atoms with van der Waals surface area (Å²) in [4.78, 5) is 33.3. The molecule has 6 nitrogen and oxygen atoms in total. The minimum atomic E-state index is -1.12. The van der Waals surface area contributed by atoms with E-state index >= 15 is 0 Å². The number of ketones is 1. The first-order valence-corrected chi connectivity index (χ1v) is 6.45. The number of rotatable bonds is 2. The summed E-state index contributed by atoms with van der Waals surface area (Å²) in [5.74, 6) is -2.13. The Morgan fingerprint density at radius 2 is 2.26 bits per heavy atom. The van der Waals surface area contributed by atoms with Gasteiger partial charge in [0.05, 0.1) is 5.56 Å². The zero-order chi connectivity index (χ0) is 13.4. The second-order valence-corrected chi connectivity index (χ2v) is 4.93. The number of pyridine rings is 1. The van der Waals surface area contributed by atoms with Crippen LogP contribution in [-0.2, 0) is 4.79 Å². The number of carboxylic acids is 1. The molecule has 96 valence electrons. The summed E-state index contributed by atoms with van der Waals surface area (Å²) in [6, 6.07) is 3.22. The number of thiazole rings is 1. The molecule has 1 aliphatic rings. The maximum atomic E-state index is 12.1. The largest absolute Gasteiger partial charge is 0.481 e. The summed E-state index contributed by atoms with van der Waals surface area (Å²) < 4.78 is 0. The minimum absolute atomic E-state index is 0.0612. The van der Waals surface area contributed by atoms with Gasteiger partial charge in [-0.05, 0) is 12.1 Å². The molecule has 3 heterocycles. The van der Waals surface area contributed by atoms with Gasteiger partial charge in [-0.3, -0.25) is 9.59 Å². The van der Waals surface area contributed by atoms with Crippen LogP contribution in [0.1, 0.15) is 10.4 Å². The van der Waals surface area contributed by atoms with Crippen LogP contribution in [0.3, 0.4) is 0 Å². The second-order valence-electron chi connectivity index (χ2n) is 4.05. The average Bonchev–Trinajstić information content (AvgIpc) is 2.93. The summed E-state index contributed by atoms with van der Waals surface area (Å²) >= 11 is 1.38. The van der Waals surface area contributed by atoms with Crippen LogP contribution in [0, 0.1) is 5.92 Å². The Bertz CT molecular complexity index is 641. The van der Waals surface area contributed by atoms with Crippen LogP contribution < -0.4 is 4.90 Å². The molecule has 1 unspecified atom stereocenters. The molecule has 0 bridgehead atoms. The lowest BCUT2D eigenvalue weighted by molar-refractivity contribution is -0.139. The van der Waals surface area contributed by atoms with Gasteiger partial charge in [-0.25, -0.2) is 9.97 Å². The van der Waals surface area contributed by atoms with Crippen LogP contribution in [0.25, 0.3) is 0 Å². The summed E-state index contributed by atoms with van der Waals surface area (Å²) in [6.45, 7) is 0.0612. The van der Waals surface area contributed by atoms with Crippen LogP contribution in [-0.4, -0.2) is 33.4 Å². The fraction of sp³-hybridized carbons (Fsp3) is 0.167. The standard InChI is InChI=1S/C12H9N3O3S/c16-9-7-2-1-3-13-10(7)15(6-8(9)11(17)18)12-14-4-5-19-12/h1-5,8H,6H2,(H,17,18). The zero-order valence-electron chi connectivity index (χ0n) is 9.68. The predicted molar refractivity (Wildman–Crippen MR) is 68.8 cm³/mol. The molecule has 1 N–H and O–H groups in total. The molecule has 0 fully saturated rings. The van der Waals surface area contributed by atoms with Gasteiger partial charge in [-0.1, -0.05) is 0 Å². The van der Waals surface area contributed by atoms with E-state index in [0.717, 1.165) is 0 Å². The van der Waals surface area contributed by atoms with E-state index in [-0.39, 0.29) is 6.54 Å². The third kappa shape index (κ3) is 1.88. The van der Waals surface area contributed by atoms with E-state index < -0.39 is 17.7 Å². The number of aliphatic carboxylic acids is 1. The molecule has 1 atom stereocenters. The van der Waals surface area contributed by atoms with Crippen molar-refractivity contribution in [3.8, 4) is 0 Å². The lowest BCUT2D eigenvalue weighted by Crippen LogP contribution is -2.41. The van der Waals surface area contributed by atoms with Gasteiger partial charge in [-0.2, -0.15) is 0 Å². The number of aromatic nitrogens is 2. The minimum Gasteiger partial charge on any atom is -0.481 e. The summed E-state index contributed by atoms with van der Waals surface area (Å²) in [6.07, 6.45) is 3.21. The molecule has 3 rings (SSSR count). The fourth-order valence-corrected chi connectivity index (χ4v) is 2.71. The van der Waals surface area contributed by atoms with E-state index in [1.54, 1.807) is 34.8 Å². The van der Waals surface area contributed by atoms with Crippen molar-refractivity contribution in [1.82, 2.24) is 9.97 Å². The second kappa shape index (κ2) is 4.43. The number of anilines is 2. The molecule has 0 saturated carbocycles. The van der Waals surface area contributed by atoms with Crippen LogP contribution in [0.4, 0.5) is 10.9 Å². The van der Waals surface area contributed by atoms with Gasteiger partial charge in [0.2, 0.25) is 0 Å². The van der Waals surface area contributed by atoms with Crippen LogP contribution in [0.15, 0.2) is 29.9 Å². The van der Waals surface area contributed by atoms with Crippen molar-refractivity contribution in [2.75, 3.05) is 11.4 Å². The maximum Gasteiger partial charge on any atom is 0.316 e. The van der Waals surface area contributed by atoms with Gasteiger partial charge in [0, 0.05) is 24.3 Å². The quantitative estimate of drug-likeness (QED) is 0.838. The number of carbonyl (C=O) groups excluding carboxylic acids is 1. The Kier molecular flexibility index (Phi) is 2.75. The highest BCUT2D eigenvalue weighted by atomic mass is 32.1. The van der Waals surface area contributed by atoms with Gasteiger partial charge in [0.15, 0.2) is 10.9 Å². The Balaban J connectivity index is 2.13. The van der Waals surface area contributed by atoms with Crippen molar-refractivity contribution in [3.05, 3.63) is 35.5 Å².